The Hall–Kier alpha value is -7.84. The fraction of sp³-hybridized carbons (Fsp3) is 0.395. The summed E-state index contributed by atoms with van der Waals surface area (Å²) in [5.74, 6) is -8.26. The Morgan fingerprint density at radius 1 is 0.893 bits per heavy atom. The maximum Gasteiger partial charge on any atom is 0.534 e. The van der Waals surface area contributed by atoms with Crippen molar-refractivity contribution in [2.45, 2.75) is 88.2 Å². The number of fused-ring (bicyclic) bond motifs is 2. The van der Waals surface area contributed by atoms with Gasteiger partial charge in [0.15, 0.2) is 35.5 Å². The first-order valence-electron chi connectivity index (χ1n) is 22.0. The SMILES string of the molecule is CC(C)O/N=C(\C(=O)NC(C(=O)Nc1nc(/C(=N/OC(C)(C)C(=O)O)C(=O)NC2C(=O)N3C4=C(COC4=O)CSC23)cs1)C1NC(C(=O)O)=C(C[n+]2ccccc2)CS1)c1csc(NOC(=O)OC(C)(C)C(=O)O)n1. The molecule has 3 aromatic heterocycles. The smallest absolute Gasteiger partial charge is 0.478 e. The van der Waals surface area contributed by atoms with Crippen LogP contribution in [-0.2, 0) is 68.9 Å². The van der Waals surface area contributed by atoms with Crippen molar-refractivity contribution < 1.29 is 87.0 Å². The van der Waals surface area contributed by atoms with Crippen LogP contribution in [0.2, 0.25) is 0 Å². The first-order valence-corrected chi connectivity index (χ1v) is 25.9. The monoisotopic (exact) mass is 1120 g/mol. The normalized spacial score (nSPS) is 19.1. The molecule has 398 valence electrons. The zero-order valence-electron chi connectivity index (χ0n) is 40.1. The number of thioether (sulfide) groups is 2. The highest BCUT2D eigenvalue weighted by molar-refractivity contribution is 8.00. The number of carboxylic acids is 3. The Bertz CT molecular complexity index is 2950. The maximum absolute atomic E-state index is 14.6. The molecule has 4 amide bonds. The van der Waals surface area contributed by atoms with E-state index in [1.54, 1.807) is 49.0 Å². The average Bonchev–Trinajstić information content (AvgIpc) is 4.13. The Morgan fingerprint density at radius 2 is 1.55 bits per heavy atom. The summed E-state index contributed by atoms with van der Waals surface area (Å²) in [6.07, 6.45) is 1.44. The molecule has 32 heteroatoms. The predicted molar refractivity (Wildman–Crippen MR) is 263 cm³/mol. The van der Waals surface area contributed by atoms with E-state index in [0.717, 1.165) is 62.1 Å². The van der Waals surface area contributed by atoms with E-state index in [2.05, 4.69) is 47.0 Å². The largest absolute Gasteiger partial charge is 0.534 e. The fourth-order valence-corrected chi connectivity index (χ4v) is 10.6. The third kappa shape index (κ3) is 12.7. The molecule has 0 aliphatic carbocycles. The Morgan fingerprint density at radius 3 is 2.20 bits per heavy atom. The summed E-state index contributed by atoms with van der Waals surface area (Å²) < 4.78 is 11.6. The van der Waals surface area contributed by atoms with E-state index in [0.29, 0.717) is 16.9 Å². The van der Waals surface area contributed by atoms with E-state index in [4.69, 9.17) is 24.0 Å². The van der Waals surface area contributed by atoms with Crippen molar-refractivity contribution in [1.29, 1.82) is 0 Å². The van der Waals surface area contributed by atoms with E-state index >= 15 is 0 Å². The van der Waals surface area contributed by atoms with Gasteiger partial charge < -0.3 is 60.6 Å². The van der Waals surface area contributed by atoms with E-state index in [1.807, 2.05) is 0 Å². The molecular formula is C43H46N11O17S4+. The number of aromatic nitrogens is 3. The highest BCUT2D eigenvalue weighted by Gasteiger charge is 2.56. The van der Waals surface area contributed by atoms with E-state index in [-0.39, 0.29) is 51.9 Å². The van der Waals surface area contributed by atoms with Gasteiger partial charge >= 0.3 is 30.0 Å². The number of esters is 1. The number of carbonyl (C=O) groups is 9. The number of oxime groups is 2. The minimum atomic E-state index is -1.98. The number of nitrogens with zero attached hydrogens (tertiary/aromatic N) is 6. The van der Waals surface area contributed by atoms with Crippen LogP contribution in [0.1, 0.15) is 52.9 Å². The zero-order chi connectivity index (χ0) is 54.5. The molecule has 75 heavy (non-hydrogen) atoms. The van der Waals surface area contributed by atoms with E-state index in [1.165, 1.54) is 27.4 Å². The number of pyridine rings is 1. The molecular weight excluding hydrogens is 1070 g/mol. The molecule has 7 heterocycles. The van der Waals surface area contributed by atoms with Crippen molar-refractivity contribution in [3.05, 3.63) is 75.3 Å². The van der Waals surface area contributed by atoms with Crippen LogP contribution < -0.4 is 31.3 Å². The number of anilines is 2. The second-order valence-electron chi connectivity index (χ2n) is 17.4. The first kappa shape index (κ1) is 54.9. The quantitative estimate of drug-likeness (QED) is 0.0242. The molecule has 0 radical (unpaired) electrons. The number of hydrogen-bond acceptors (Lipinski definition) is 24. The number of thiazole rings is 2. The standard InChI is InChI=1S/C43H45N11O17S4/c1-18(2)69-50-24(21-17-75-40(45-21)52-70-41(66)68-42(3,4)37(62)63)29(55)46-26(32-48-23(35(59)60)19(14-72-32)12-53-10-8-7-9-11-53)31(57)49-39-44-22(16-74-39)25(51-71-43(5,6)38(64)65)30(56)47-27-33(58)54-28-20(13-67-36(28)61)15-73-34(27)54/h7-11,16-18,26-27,32,34,48H,12-15H2,1-6H3,(H6-,44,45,46,47,49,52,55,56,57,59,60,62,63,64,65)/p+1/b50-24-,51-25-. The number of amides is 4. The molecule has 3 aromatic rings. The molecule has 4 aliphatic rings. The number of rotatable bonds is 21. The molecule has 4 unspecified atom stereocenters. The second-order valence-corrected chi connectivity index (χ2v) is 21.4. The molecule has 4 atom stereocenters. The van der Waals surface area contributed by atoms with Gasteiger partial charge in [-0.25, -0.2) is 38.5 Å². The average molecular weight is 1120 g/mol. The molecule has 8 N–H and O–H groups in total. The van der Waals surface area contributed by atoms with Crippen molar-refractivity contribution in [3.8, 4) is 0 Å². The summed E-state index contributed by atoms with van der Waals surface area (Å²) in [7, 11) is 0. The Kier molecular flexibility index (Phi) is 16.6. The predicted octanol–water partition coefficient (Wildman–Crippen LogP) is 0.979. The first-order chi connectivity index (χ1) is 35.4. The van der Waals surface area contributed by atoms with Crippen molar-refractivity contribution in [3.63, 3.8) is 0 Å². The maximum atomic E-state index is 14.6. The molecule has 1 saturated heterocycles. The van der Waals surface area contributed by atoms with Crippen LogP contribution in [0.15, 0.2) is 74.2 Å². The minimum Gasteiger partial charge on any atom is -0.478 e. The summed E-state index contributed by atoms with van der Waals surface area (Å²) in [6, 6.07) is 2.45. The third-order valence-electron chi connectivity index (χ3n) is 10.7. The summed E-state index contributed by atoms with van der Waals surface area (Å²) >= 11 is 3.91. The summed E-state index contributed by atoms with van der Waals surface area (Å²) in [6.45, 7) is 7.94. The molecule has 0 bridgehead atoms. The molecule has 0 spiro atoms. The van der Waals surface area contributed by atoms with Gasteiger partial charge in [0, 0.05) is 45.5 Å². The number of hydrogen-bond donors (Lipinski definition) is 8. The lowest BCUT2D eigenvalue weighted by Gasteiger charge is -2.48. The fourth-order valence-electron chi connectivity index (χ4n) is 6.70. The van der Waals surface area contributed by atoms with Crippen molar-refractivity contribution in [2.24, 2.45) is 10.3 Å². The number of carboxylic acid groups (broad SMARTS) is 3. The Balaban J connectivity index is 1.16. The van der Waals surface area contributed by atoms with Gasteiger partial charge in [-0.1, -0.05) is 16.4 Å². The van der Waals surface area contributed by atoms with Crippen LogP contribution in [0.4, 0.5) is 15.1 Å². The zero-order valence-corrected chi connectivity index (χ0v) is 43.4. The van der Waals surface area contributed by atoms with Gasteiger partial charge in [-0.15, -0.1) is 46.2 Å². The number of cyclic esters (lactones) is 1. The lowest BCUT2D eigenvalue weighted by Crippen LogP contribution is -2.70. The van der Waals surface area contributed by atoms with Crippen molar-refractivity contribution in [2.75, 3.05) is 28.9 Å². The van der Waals surface area contributed by atoms with E-state index in [9.17, 15) is 58.5 Å². The van der Waals surface area contributed by atoms with Gasteiger partial charge in [0.05, 0.1) is 0 Å². The summed E-state index contributed by atoms with van der Waals surface area (Å²) in [5.41, 5.74) is -2.38. The van der Waals surface area contributed by atoms with Crippen LogP contribution in [-0.4, -0.2) is 154 Å². The van der Waals surface area contributed by atoms with Crippen LogP contribution >= 0.6 is 46.2 Å². The van der Waals surface area contributed by atoms with Crippen LogP contribution in [0.5, 0.6) is 0 Å². The van der Waals surface area contributed by atoms with Gasteiger partial charge in [0.25, 0.3) is 23.6 Å². The molecule has 0 aromatic carbocycles. The summed E-state index contributed by atoms with van der Waals surface area (Å²) in [4.78, 5) is 142. The molecule has 4 aliphatic heterocycles. The lowest BCUT2D eigenvalue weighted by molar-refractivity contribution is -0.689. The van der Waals surface area contributed by atoms with Gasteiger partial charge in [-0.3, -0.25) is 24.1 Å². The third-order valence-corrected chi connectivity index (χ3v) is 14.8. The number of aliphatic carboxylic acids is 3. The van der Waals surface area contributed by atoms with Crippen LogP contribution in [0.3, 0.4) is 0 Å². The molecule has 0 saturated carbocycles. The topological polar surface area (TPSA) is 378 Å². The Labute approximate surface area is 440 Å². The molecule has 7 rings (SSSR count). The number of ether oxygens (including phenoxy) is 2. The van der Waals surface area contributed by atoms with Gasteiger partial charge in [0.1, 0.15) is 58.3 Å². The highest BCUT2D eigenvalue weighted by atomic mass is 32.2. The second kappa shape index (κ2) is 22.7. The van der Waals surface area contributed by atoms with Gasteiger partial charge in [-0.2, -0.15) is 5.48 Å². The van der Waals surface area contributed by atoms with Crippen molar-refractivity contribution in [1.82, 2.24) is 30.8 Å². The van der Waals surface area contributed by atoms with Gasteiger partial charge in [-0.05, 0) is 41.5 Å². The minimum absolute atomic E-state index is 0.0366. The number of β-lactam (4-membered cyclic amide) rings is 1. The van der Waals surface area contributed by atoms with Crippen molar-refractivity contribution >= 4 is 122 Å². The van der Waals surface area contributed by atoms with Gasteiger partial charge in [0.2, 0.25) is 16.3 Å². The highest BCUT2D eigenvalue weighted by Crippen LogP contribution is 2.42. The number of carbonyl (C=O) groups excluding carboxylic acids is 6. The van der Waals surface area contributed by atoms with E-state index < -0.39 is 105 Å². The van der Waals surface area contributed by atoms with Crippen LogP contribution in [0, 0.1) is 0 Å². The molecule has 1 fully saturated rings. The van der Waals surface area contributed by atoms with Crippen LogP contribution in [0.25, 0.3) is 0 Å². The summed E-state index contributed by atoms with van der Waals surface area (Å²) in [5, 5.41) is 48.1. The number of nitrogens with one attached hydrogen (secondary N) is 5. The lowest BCUT2D eigenvalue weighted by atomic mass is 10.0. The molecule has 28 nitrogen and oxygen atoms in total.